The lowest BCUT2D eigenvalue weighted by atomic mass is 9.57. The minimum atomic E-state index is -2.66. The topological polar surface area (TPSA) is 174 Å². The van der Waals surface area contributed by atoms with Crippen molar-refractivity contribution in [3.8, 4) is 11.5 Å². The molecule has 226 valence electrons. The van der Waals surface area contributed by atoms with Crippen LogP contribution in [0.2, 0.25) is 0 Å². The number of nitrogens with two attached hydrogens (primary N) is 1. The summed E-state index contributed by atoms with van der Waals surface area (Å²) in [6.45, 7) is 3.53. The number of hydrogen-bond donors (Lipinski definition) is 5. The maximum Gasteiger partial charge on any atom is 0.255 e. The van der Waals surface area contributed by atoms with Crippen LogP contribution >= 0.6 is 0 Å². The van der Waals surface area contributed by atoms with E-state index in [1.807, 2.05) is 0 Å². The summed E-state index contributed by atoms with van der Waals surface area (Å²) < 4.78 is 5.90. The van der Waals surface area contributed by atoms with Crippen LogP contribution in [-0.4, -0.2) is 92.6 Å². The van der Waals surface area contributed by atoms with E-state index in [9.17, 15) is 34.8 Å². The van der Waals surface area contributed by atoms with Gasteiger partial charge in [-0.1, -0.05) is 6.92 Å². The number of ether oxygens (including phenoxy) is 1. The molecule has 3 fully saturated rings. The van der Waals surface area contributed by atoms with Crippen molar-refractivity contribution in [2.75, 3.05) is 27.7 Å². The fraction of sp³-hybridized carbons (Fsp3) is 0.581. The van der Waals surface area contributed by atoms with Gasteiger partial charge in [0, 0.05) is 34.7 Å². The fourth-order valence-electron chi connectivity index (χ4n) is 8.25. The van der Waals surface area contributed by atoms with E-state index in [0.717, 1.165) is 24.9 Å². The van der Waals surface area contributed by atoms with Gasteiger partial charge in [-0.05, 0) is 77.1 Å². The van der Waals surface area contributed by atoms with Gasteiger partial charge >= 0.3 is 0 Å². The molecule has 3 saturated carbocycles. The summed E-state index contributed by atoms with van der Waals surface area (Å²) >= 11 is 0. The summed E-state index contributed by atoms with van der Waals surface area (Å²) in [4.78, 5) is 43.4. The third-order valence-electron chi connectivity index (χ3n) is 10.4. The van der Waals surface area contributed by atoms with Crippen LogP contribution < -0.4 is 10.5 Å². The second-order valence-corrected chi connectivity index (χ2v) is 12.8. The number of benzene rings is 1. The van der Waals surface area contributed by atoms with Crippen LogP contribution in [0, 0.1) is 17.8 Å². The van der Waals surface area contributed by atoms with Gasteiger partial charge < -0.3 is 30.9 Å². The molecule has 1 aromatic rings. The first-order valence-corrected chi connectivity index (χ1v) is 14.6. The van der Waals surface area contributed by atoms with E-state index >= 15 is 0 Å². The van der Waals surface area contributed by atoms with E-state index in [1.165, 1.54) is 24.9 Å². The highest BCUT2D eigenvalue weighted by molar-refractivity contribution is 6.24. The zero-order valence-corrected chi connectivity index (χ0v) is 24.4. The second-order valence-electron chi connectivity index (χ2n) is 12.8. The number of phenols is 1. The summed E-state index contributed by atoms with van der Waals surface area (Å²) in [5.41, 5.74) is 3.29. The maximum absolute atomic E-state index is 14.0. The molecule has 4 atom stereocenters. The quantitative estimate of drug-likeness (QED) is 0.285. The molecule has 5 aliphatic carbocycles. The molecule has 5 aliphatic rings. The van der Waals surface area contributed by atoms with Crippen molar-refractivity contribution in [2.45, 2.75) is 69.2 Å². The number of amides is 1. The molecule has 0 aliphatic heterocycles. The minimum absolute atomic E-state index is 0.0335. The van der Waals surface area contributed by atoms with Gasteiger partial charge in [0.1, 0.15) is 28.6 Å². The third kappa shape index (κ3) is 3.79. The molecule has 6 N–H and O–H groups in total. The zero-order chi connectivity index (χ0) is 30.5. The van der Waals surface area contributed by atoms with Crippen LogP contribution in [0.1, 0.15) is 55.7 Å². The SMILES string of the molecule is CCN(Cc1cc(O)c2c(c1OC)C[C@H]1C[C@H]3[C@H](N(C)C)C(=O)C(C(N)=O)=C(O)[C@@]3(O)C(=O)C1=C2O)C1(C2CC2)CC1. The number of carbonyl (C=O) groups is 3. The van der Waals surface area contributed by atoms with E-state index in [2.05, 4.69) is 11.8 Å². The molecule has 0 heterocycles. The van der Waals surface area contributed by atoms with Crippen molar-refractivity contribution >= 4 is 23.2 Å². The largest absolute Gasteiger partial charge is 0.508 e. The smallest absolute Gasteiger partial charge is 0.255 e. The van der Waals surface area contributed by atoms with Gasteiger partial charge in [0.2, 0.25) is 5.78 Å². The number of hydrogen-bond acceptors (Lipinski definition) is 10. The summed E-state index contributed by atoms with van der Waals surface area (Å²) in [7, 11) is 4.69. The Kier molecular flexibility index (Phi) is 6.53. The van der Waals surface area contributed by atoms with E-state index in [4.69, 9.17) is 10.5 Å². The molecule has 0 radical (unpaired) electrons. The van der Waals surface area contributed by atoms with E-state index in [-0.39, 0.29) is 35.3 Å². The van der Waals surface area contributed by atoms with Gasteiger partial charge in [-0.15, -0.1) is 0 Å². The van der Waals surface area contributed by atoms with Gasteiger partial charge in [-0.3, -0.25) is 24.2 Å². The number of phenolic OH excluding ortho intramolecular Hbond substituents is 1. The highest BCUT2D eigenvalue weighted by Gasteiger charge is 2.64. The molecule has 0 saturated heterocycles. The average molecular weight is 582 g/mol. The van der Waals surface area contributed by atoms with Crippen LogP contribution in [-0.2, 0) is 27.3 Å². The van der Waals surface area contributed by atoms with Crippen molar-refractivity contribution in [2.24, 2.45) is 23.5 Å². The molecule has 0 aromatic heterocycles. The van der Waals surface area contributed by atoms with Crippen LogP contribution in [0.3, 0.4) is 0 Å². The minimum Gasteiger partial charge on any atom is -0.508 e. The number of nitrogens with zero attached hydrogens (tertiary/aromatic N) is 2. The molecular weight excluding hydrogens is 542 g/mol. The Morgan fingerprint density at radius 2 is 1.83 bits per heavy atom. The number of ketones is 2. The molecule has 6 rings (SSSR count). The van der Waals surface area contributed by atoms with E-state index in [1.54, 1.807) is 20.2 Å². The van der Waals surface area contributed by atoms with Crippen molar-refractivity contribution in [1.82, 2.24) is 9.80 Å². The van der Waals surface area contributed by atoms with Crippen LogP contribution in [0.4, 0.5) is 0 Å². The number of aromatic hydroxyl groups is 1. The molecule has 0 bridgehead atoms. The molecular formula is C31H39N3O8. The Morgan fingerprint density at radius 1 is 1.17 bits per heavy atom. The first-order chi connectivity index (χ1) is 19.8. The summed E-state index contributed by atoms with van der Waals surface area (Å²) in [5, 5.41) is 45.5. The lowest BCUT2D eigenvalue weighted by Crippen LogP contribution is -2.65. The van der Waals surface area contributed by atoms with Gasteiger partial charge in [-0.25, -0.2) is 0 Å². The Bertz CT molecular complexity index is 1470. The van der Waals surface area contributed by atoms with Gasteiger partial charge in [0.25, 0.3) is 5.91 Å². The number of aliphatic hydroxyl groups excluding tert-OH is 2. The highest BCUT2D eigenvalue weighted by atomic mass is 16.5. The predicted octanol–water partition coefficient (Wildman–Crippen LogP) is 1.74. The molecule has 1 aromatic carbocycles. The Morgan fingerprint density at radius 3 is 2.36 bits per heavy atom. The predicted molar refractivity (Wildman–Crippen MR) is 152 cm³/mol. The first kappa shape index (κ1) is 28.7. The van der Waals surface area contributed by atoms with Gasteiger partial charge in [0.05, 0.1) is 18.7 Å². The number of methoxy groups -OCH3 is 1. The molecule has 42 heavy (non-hydrogen) atoms. The van der Waals surface area contributed by atoms with Gasteiger partial charge in [-0.2, -0.15) is 0 Å². The number of Topliss-reactive ketones (excluding diaryl/α,β-unsaturated/α-hetero) is 2. The average Bonchev–Trinajstić information content (AvgIpc) is 3.83. The van der Waals surface area contributed by atoms with Crippen molar-refractivity contribution in [1.29, 1.82) is 0 Å². The normalized spacial score (nSPS) is 29.9. The Labute approximate surface area is 244 Å². The Balaban J connectivity index is 1.47. The third-order valence-corrected chi connectivity index (χ3v) is 10.4. The second kappa shape index (κ2) is 9.55. The summed E-state index contributed by atoms with van der Waals surface area (Å²) in [6.07, 6.45) is 4.99. The zero-order valence-electron chi connectivity index (χ0n) is 24.4. The van der Waals surface area contributed by atoms with E-state index < -0.39 is 58.0 Å². The number of carbonyl (C=O) groups excluding carboxylic acids is 3. The van der Waals surface area contributed by atoms with E-state index in [0.29, 0.717) is 23.8 Å². The molecule has 11 heteroatoms. The first-order valence-electron chi connectivity index (χ1n) is 14.6. The lowest BCUT2D eigenvalue weighted by molar-refractivity contribution is -0.153. The van der Waals surface area contributed by atoms with Crippen LogP contribution in [0.25, 0.3) is 5.76 Å². The maximum atomic E-state index is 14.0. The standard InChI is InChI=1S/C31H39N3O8/c1-5-34(30(8-9-30)16-6-7-16)13-15-12-19(35)21-17(26(15)42-4)10-14-11-18-23(33(2)3)25(37)22(29(32)40)28(39)31(18,41)27(38)20(14)24(21)36/h12,14,16,18,23,35-36,39,41H,5-11,13H2,1-4H3,(H2,32,40)/t14-,18-,23-,31-/m0/s1. The lowest BCUT2D eigenvalue weighted by Gasteiger charge is -2.50. The number of rotatable bonds is 8. The monoisotopic (exact) mass is 581 g/mol. The van der Waals surface area contributed by atoms with Gasteiger partial charge in [0.15, 0.2) is 11.4 Å². The summed E-state index contributed by atoms with van der Waals surface area (Å²) in [6, 6.07) is 0.439. The molecule has 11 nitrogen and oxygen atoms in total. The number of fused-ring (bicyclic) bond motifs is 3. The summed E-state index contributed by atoms with van der Waals surface area (Å²) in [5.74, 6) is -5.45. The van der Waals surface area contributed by atoms with Crippen molar-refractivity contribution < 1.29 is 39.5 Å². The molecule has 0 unspecified atom stereocenters. The van der Waals surface area contributed by atoms with Crippen LogP contribution in [0.5, 0.6) is 11.5 Å². The van der Waals surface area contributed by atoms with Crippen molar-refractivity contribution in [3.05, 3.63) is 39.7 Å². The highest BCUT2D eigenvalue weighted by Crippen LogP contribution is 2.59. The van der Waals surface area contributed by atoms with Crippen molar-refractivity contribution in [3.63, 3.8) is 0 Å². The van der Waals surface area contributed by atoms with Crippen LogP contribution in [0.15, 0.2) is 23.0 Å². The Hall–Kier alpha value is -3.41. The number of primary amides is 1. The molecule has 0 spiro atoms. The molecule has 1 amide bonds. The number of likely N-dealkylation sites (N-methyl/N-ethyl adjacent to an activating group) is 1. The number of aliphatic hydroxyl groups is 3. The fourth-order valence-corrected chi connectivity index (χ4v) is 8.25.